The van der Waals surface area contributed by atoms with Crippen LogP contribution in [0.4, 0.5) is 0 Å². The summed E-state index contributed by atoms with van der Waals surface area (Å²) in [4.78, 5) is 2.53. The van der Waals surface area contributed by atoms with E-state index in [9.17, 15) is 0 Å². The zero-order chi connectivity index (χ0) is 15.9. The Hall–Kier alpha value is -1.84. The lowest BCUT2D eigenvalue weighted by Gasteiger charge is -2.27. The number of nitrogens with one attached hydrogen (secondary N) is 1. The molecule has 0 saturated carbocycles. The van der Waals surface area contributed by atoms with Crippen molar-refractivity contribution in [2.75, 3.05) is 32.7 Å². The van der Waals surface area contributed by atoms with Crippen molar-refractivity contribution in [3.63, 3.8) is 0 Å². The third-order valence-corrected chi connectivity index (χ3v) is 4.42. The van der Waals surface area contributed by atoms with E-state index in [-0.39, 0.29) is 0 Å². The first-order chi connectivity index (χ1) is 11.3. The minimum Gasteiger partial charge on any atom is -0.489 e. The van der Waals surface area contributed by atoms with Gasteiger partial charge in [-0.05, 0) is 36.1 Å². The van der Waals surface area contributed by atoms with Crippen molar-refractivity contribution in [1.82, 2.24) is 10.2 Å². The molecule has 0 aliphatic carbocycles. The molecular formula is C20H26N2O. The van der Waals surface area contributed by atoms with Gasteiger partial charge in [-0.1, -0.05) is 42.5 Å². The molecule has 23 heavy (non-hydrogen) atoms. The van der Waals surface area contributed by atoms with Crippen LogP contribution in [0.2, 0.25) is 0 Å². The van der Waals surface area contributed by atoms with Gasteiger partial charge in [0.2, 0.25) is 0 Å². The highest BCUT2D eigenvalue weighted by Crippen LogP contribution is 2.21. The van der Waals surface area contributed by atoms with Gasteiger partial charge in [0.05, 0.1) is 0 Å². The van der Waals surface area contributed by atoms with Gasteiger partial charge in [-0.3, -0.25) is 0 Å². The highest BCUT2D eigenvalue weighted by atomic mass is 16.5. The summed E-state index contributed by atoms with van der Waals surface area (Å²) in [6.45, 7) is 8.40. The van der Waals surface area contributed by atoms with E-state index in [0.29, 0.717) is 6.61 Å². The quantitative estimate of drug-likeness (QED) is 0.887. The fourth-order valence-electron chi connectivity index (χ4n) is 2.91. The minimum absolute atomic E-state index is 0.628. The fourth-order valence-corrected chi connectivity index (χ4v) is 2.91. The van der Waals surface area contributed by atoms with E-state index in [1.54, 1.807) is 0 Å². The molecule has 0 aromatic heterocycles. The van der Waals surface area contributed by atoms with Gasteiger partial charge in [0.25, 0.3) is 0 Å². The number of hydrogen-bond acceptors (Lipinski definition) is 3. The van der Waals surface area contributed by atoms with Crippen LogP contribution in [-0.2, 0) is 13.0 Å². The summed E-state index contributed by atoms with van der Waals surface area (Å²) in [5.74, 6) is 1.01. The molecular weight excluding hydrogens is 284 g/mol. The summed E-state index contributed by atoms with van der Waals surface area (Å²) in [7, 11) is 0. The van der Waals surface area contributed by atoms with Crippen LogP contribution in [0.1, 0.15) is 16.7 Å². The first kappa shape index (κ1) is 16.0. The smallest absolute Gasteiger partial charge is 0.122 e. The van der Waals surface area contributed by atoms with Crippen molar-refractivity contribution in [3.05, 3.63) is 65.2 Å². The van der Waals surface area contributed by atoms with Gasteiger partial charge in [-0.2, -0.15) is 0 Å². The molecule has 0 amide bonds. The first-order valence-electron chi connectivity index (χ1n) is 8.50. The number of nitrogens with zero attached hydrogens (tertiary/aromatic N) is 1. The second kappa shape index (κ2) is 8.14. The number of piperazine rings is 1. The van der Waals surface area contributed by atoms with Crippen LogP contribution >= 0.6 is 0 Å². The molecule has 1 aliphatic rings. The predicted octanol–water partition coefficient (Wildman–Crippen LogP) is 3.02. The van der Waals surface area contributed by atoms with Crippen molar-refractivity contribution in [1.29, 1.82) is 0 Å². The molecule has 3 nitrogen and oxygen atoms in total. The third kappa shape index (κ3) is 4.81. The molecule has 3 heteroatoms. The lowest BCUT2D eigenvalue weighted by Crippen LogP contribution is -2.44. The van der Waals surface area contributed by atoms with Crippen molar-refractivity contribution < 1.29 is 4.74 Å². The van der Waals surface area contributed by atoms with E-state index >= 15 is 0 Å². The number of rotatable bonds is 6. The van der Waals surface area contributed by atoms with Gasteiger partial charge in [-0.15, -0.1) is 0 Å². The molecule has 122 valence electrons. The maximum atomic E-state index is 6.03. The molecule has 1 fully saturated rings. The second-order valence-electron chi connectivity index (χ2n) is 6.22. The lowest BCUT2D eigenvalue weighted by molar-refractivity contribution is 0.243. The Morgan fingerprint density at radius 2 is 1.78 bits per heavy atom. The molecule has 0 atom stereocenters. The van der Waals surface area contributed by atoms with E-state index in [1.165, 1.54) is 16.7 Å². The first-order valence-corrected chi connectivity index (χ1v) is 8.50. The number of ether oxygens (including phenoxy) is 1. The molecule has 1 saturated heterocycles. The van der Waals surface area contributed by atoms with Crippen molar-refractivity contribution >= 4 is 0 Å². The Morgan fingerprint density at radius 1 is 1.00 bits per heavy atom. The summed E-state index contributed by atoms with van der Waals surface area (Å²) < 4.78 is 6.03. The molecule has 0 bridgehead atoms. The van der Waals surface area contributed by atoms with Gasteiger partial charge >= 0.3 is 0 Å². The van der Waals surface area contributed by atoms with Crippen molar-refractivity contribution in [2.24, 2.45) is 0 Å². The molecule has 0 unspecified atom stereocenters. The molecule has 0 spiro atoms. The van der Waals surface area contributed by atoms with Crippen LogP contribution in [0.5, 0.6) is 5.75 Å². The summed E-state index contributed by atoms with van der Waals surface area (Å²) in [6.07, 6.45) is 1.09. The Balaban J connectivity index is 1.57. The van der Waals surface area contributed by atoms with Crippen LogP contribution < -0.4 is 10.1 Å². The zero-order valence-corrected chi connectivity index (χ0v) is 13.9. The normalized spacial score (nSPS) is 15.5. The van der Waals surface area contributed by atoms with Crippen molar-refractivity contribution in [3.8, 4) is 5.75 Å². The SMILES string of the molecule is Cc1ccc(CCN2CCNCC2)cc1OCc1ccccc1. The second-order valence-corrected chi connectivity index (χ2v) is 6.22. The maximum absolute atomic E-state index is 6.03. The molecule has 3 rings (SSSR count). The number of benzene rings is 2. The van der Waals surface area contributed by atoms with Gasteiger partial charge in [0, 0.05) is 32.7 Å². The standard InChI is InChI=1S/C20H26N2O/c1-17-7-8-18(9-12-22-13-10-21-11-14-22)15-20(17)23-16-19-5-3-2-4-6-19/h2-8,15,21H,9-14,16H2,1H3. The van der Waals surface area contributed by atoms with Crippen LogP contribution in [0.15, 0.2) is 48.5 Å². The summed E-state index contributed by atoms with van der Waals surface area (Å²) in [5, 5.41) is 3.40. The van der Waals surface area contributed by atoms with Crippen LogP contribution in [0.25, 0.3) is 0 Å². The molecule has 0 radical (unpaired) electrons. The Morgan fingerprint density at radius 3 is 2.57 bits per heavy atom. The topological polar surface area (TPSA) is 24.5 Å². The summed E-state index contributed by atoms with van der Waals surface area (Å²) in [5.41, 5.74) is 3.77. The monoisotopic (exact) mass is 310 g/mol. The van der Waals surface area contributed by atoms with Gasteiger partial charge in [-0.25, -0.2) is 0 Å². The molecule has 2 aromatic carbocycles. The summed E-state index contributed by atoms with van der Waals surface area (Å²) in [6, 6.07) is 16.9. The zero-order valence-electron chi connectivity index (χ0n) is 13.9. The van der Waals surface area contributed by atoms with E-state index in [1.807, 2.05) is 6.07 Å². The minimum atomic E-state index is 0.628. The van der Waals surface area contributed by atoms with Crippen molar-refractivity contribution in [2.45, 2.75) is 20.0 Å². The fraction of sp³-hybridized carbons (Fsp3) is 0.400. The van der Waals surface area contributed by atoms with E-state index in [4.69, 9.17) is 4.74 Å². The number of hydrogen-bond donors (Lipinski definition) is 1. The van der Waals surface area contributed by atoms with E-state index in [2.05, 4.69) is 59.6 Å². The lowest BCUT2D eigenvalue weighted by atomic mass is 10.1. The molecule has 1 aliphatic heterocycles. The molecule has 1 N–H and O–H groups in total. The number of aryl methyl sites for hydroxylation is 1. The molecule has 2 aromatic rings. The average molecular weight is 310 g/mol. The van der Waals surface area contributed by atoms with E-state index < -0.39 is 0 Å². The predicted molar refractivity (Wildman–Crippen MR) is 95.0 cm³/mol. The highest BCUT2D eigenvalue weighted by molar-refractivity contribution is 5.37. The van der Waals surface area contributed by atoms with Crippen LogP contribution in [0.3, 0.4) is 0 Å². The largest absolute Gasteiger partial charge is 0.489 e. The van der Waals surface area contributed by atoms with Crippen LogP contribution in [0, 0.1) is 6.92 Å². The highest BCUT2D eigenvalue weighted by Gasteiger charge is 2.10. The van der Waals surface area contributed by atoms with Gasteiger partial charge in [0.1, 0.15) is 12.4 Å². The van der Waals surface area contributed by atoms with Crippen LogP contribution in [-0.4, -0.2) is 37.6 Å². The molecule has 1 heterocycles. The van der Waals surface area contributed by atoms with Gasteiger partial charge < -0.3 is 15.0 Å². The van der Waals surface area contributed by atoms with E-state index in [0.717, 1.165) is 44.9 Å². The Bertz CT molecular complexity index is 606. The average Bonchev–Trinajstić information content (AvgIpc) is 2.62. The summed E-state index contributed by atoms with van der Waals surface area (Å²) >= 11 is 0. The maximum Gasteiger partial charge on any atom is 0.122 e. The Kier molecular flexibility index (Phi) is 5.67. The third-order valence-electron chi connectivity index (χ3n) is 4.42. The Labute approximate surface area is 139 Å². The van der Waals surface area contributed by atoms with Gasteiger partial charge in [0.15, 0.2) is 0 Å².